The maximum atomic E-state index is 3.10. The molecule has 0 aromatic rings. The first kappa shape index (κ1) is 42.5. The summed E-state index contributed by atoms with van der Waals surface area (Å²) in [4.78, 5) is 0. The maximum absolute atomic E-state index is 3.10. The van der Waals surface area contributed by atoms with E-state index < -0.39 is 50.4 Å². The van der Waals surface area contributed by atoms with Crippen molar-refractivity contribution in [2.45, 2.75) is 233 Å². The van der Waals surface area contributed by atoms with Gasteiger partial charge in [-0.1, -0.05) is 192 Å². The van der Waals surface area contributed by atoms with Crippen LogP contribution in [0.4, 0.5) is 0 Å². The molecule has 256 valence electrons. The summed E-state index contributed by atoms with van der Waals surface area (Å²) >= 11 is 0. The zero-order valence-electron chi connectivity index (χ0n) is 35.5. The molecule has 0 amide bonds. The molecule has 0 saturated carbocycles. The monoisotopic (exact) mass is 712 g/mol. The molecule has 0 aliphatic carbocycles. The van der Waals surface area contributed by atoms with E-state index in [1.165, 1.54) is 0 Å². The molecule has 0 nitrogen and oxygen atoms in total. The van der Waals surface area contributed by atoms with Gasteiger partial charge in [0.25, 0.3) is 0 Å². The largest absolute Gasteiger partial charge is 0.0705 e. The Kier molecular flexibility index (Phi) is 10.6. The molecule has 0 aromatic heterocycles. The Morgan fingerprint density at radius 2 is 0.419 bits per heavy atom. The molecule has 1 aliphatic rings. The van der Waals surface area contributed by atoms with Crippen molar-refractivity contribution in [1.29, 1.82) is 0 Å². The smallest absolute Gasteiger partial charge is 0.0632 e. The van der Waals surface area contributed by atoms with E-state index in [-0.39, 0.29) is 0 Å². The second-order valence-corrected chi connectivity index (χ2v) is 96.0. The fourth-order valence-electron chi connectivity index (χ4n) is 11.3. The highest BCUT2D eigenvalue weighted by Gasteiger charge is 2.88. The third-order valence-corrected chi connectivity index (χ3v) is 191. The standard InChI is InChI=1S/C36H84Si7/c1-29(2,3)39(25,30(4,5)6)37-38(40(26,31(7,8)9)32(10,11)12)43(37,41(27,33(13,14)15)34(16,17)18)42(28,35(19,20)21)36(22,23)24/h1-28H3. The molecule has 0 unspecified atom stereocenters. The van der Waals surface area contributed by atoms with E-state index in [0.717, 1.165) is 0 Å². The molecule has 0 radical (unpaired) electrons. The van der Waals surface area contributed by atoms with Crippen LogP contribution in [0.25, 0.3) is 0 Å². The van der Waals surface area contributed by atoms with E-state index in [1.54, 1.807) is 0 Å². The third kappa shape index (κ3) is 5.43. The zero-order valence-corrected chi connectivity index (χ0v) is 42.5. The van der Waals surface area contributed by atoms with Crippen LogP contribution in [0.5, 0.6) is 0 Å². The SMILES string of the molecule is CC(C)(C)[Si](C)([Si]1=[Si]([Si](C)(C(C)(C)C)C(C)(C)C)[Si]1([Si](C)(C(C)(C)C)C(C)(C)C)[Si](C)(C(C)(C)C)C(C)(C)C)C(C)(C)C. The van der Waals surface area contributed by atoms with E-state index in [2.05, 4.69) is 192 Å². The van der Waals surface area contributed by atoms with Crippen LogP contribution in [-0.4, -0.2) is 50.4 Å². The minimum Gasteiger partial charge on any atom is -0.0705 e. The fourth-order valence-corrected chi connectivity index (χ4v) is 379. The lowest BCUT2D eigenvalue weighted by Crippen LogP contribution is -2.87. The van der Waals surface area contributed by atoms with Crippen LogP contribution in [0.1, 0.15) is 166 Å². The fraction of sp³-hybridized carbons (Fsp3) is 1.00. The van der Waals surface area contributed by atoms with E-state index >= 15 is 0 Å². The highest BCUT2D eigenvalue weighted by atomic mass is 30.5. The number of hydrogen-bond acceptors (Lipinski definition) is 0. The first-order valence-electron chi connectivity index (χ1n) is 17.8. The maximum Gasteiger partial charge on any atom is 0.0632 e. The van der Waals surface area contributed by atoms with Gasteiger partial charge in [-0.15, -0.1) is 0 Å². The highest BCUT2D eigenvalue weighted by Crippen LogP contribution is 2.73. The Morgan fingerprint density at radius 1 is 0.279 bits per heavy atom. The van der Waals surface area contributed by atoms with Crippen molar-refractivity contribution < 1.29 is 0 Å². The molecule has 1 aliphatic heterocycles. The summed E-state index contributed by atoms with van der Waals surface area (Å²) in [7, 11) is -7.46. The highest BCUT2D eigenvalue weighted by molar-refractivity contribution is 8.30. The summed E-state index contributed by atoms with van der Waals surface area (Å²) in [6.45, 7) is 77.3. The summed E-state index contributed by atoms with van der Waals surface area (Å²) in [6.07, 6.45) is -1.87. The lowest BCUT2D eigenvalue weighted by Gasteiger charge is -2.69. The van der Waals surface area contributed by atoms with Gasteiger partial charge in [-0.25, -0.2) is 0 Å². The van der Waals surface area contributed by atoms with Gasteiger partial charge in [0.05, 0.1) is 36.5 Å². The quantitative estimate of drug-likeness (QED) is 0.255. The van der Waals surface area contributed by atoms with Gasteiger partial charge in [0.15, 0.2) is 0 Å². The van der Waals surface area contributed by atoms with Crippen molar-refractivity contribution >= 4 is 50.4 Å². The molecule has 0 fully saturated rings. The lowest BCUT2D eigenvalue weighted by molar-refractivity contribution is 0.624. The molecule has 0 N–H and O–H groups in total. The van der Waals surface area contributed by atoms with Crippen molar-refractivity contribution in [2.24, 2.45) is 0 Å². The van der Waals surface area contributed by atoms with E-state index in [9.17, 15) is 0 Å². The van der Waals surface area contributed by atoms with Crippen LogP contribution in [0.3, 0.4) is 0 Å². The average molecular weight is 714 g/mol. The van der Waals surface area contributed by atoms with Crippen LogP contribution < -0.4 is 0 Å². The van der Waals surface area contributed by atoms with Gasteiger partial charge < -0.3 is 0 Å². The molecule has 0 atom stereocenters. The van der Waals surface area contributed by atoms with Crippen molar-refractivity contribution in [1.82, 2.24) is 0 Å². The van der Waals surface area contributed by atoms with Gasteiger partial charge in [-0.2, -0.15) is 0 Å². The molecule has 43 heavy (non-hydrogen) atoms. The van der Waals surface area contributed by atoms with Gasteiger partial charge in [0.1, 0.15) is 0 Å². The predicted molar refractivity (Wildman–Crippen MR) is 221 cm³/mol. The van der Waals surface area contributed by atoms with Gasteiger partial charge in [-0.05, 0) is 54.2 Å². The van der Waals surface area contributed by atoms with Crippen LogP contribution in [0.15, 0.2) is 0 Å². The van der Waals surface area contributed by atoms with Gasteiger partial charge in [-0.3, -0.25) is 0 Å². The van der Waals surface area contributed by atoms with Gasteiger partial charge in [0.2, 0.25) is 0 Å². The second-order valence-electron chi connectivity index (χ2n) is 24.0. The summed E-state index contributed by atoms with van der Waals surface area (Å²) in [6, 6.07) is 0. The first-order chi connectivity index (χ1) is 18.0. The third-order valence-electron chi connectivity index (χ3n) is 15.4. The number of hydrogen-bond donors (Lipinski definition) is 0. The first-order valence-corrected chi connectivity index (χ1v) is 39.8. The normalized spacial score (nSPS) is 19.3. The summed E-state index contributed by atoms with van der Waals surface area (Å²) in [5, 5.41) is 3.30. The van der Waals surface area contributed by atoms with Crippen LogP contribution in [-0.2, 0) is 0 Å². The molecule has 7 heteroatoms. The zero-order chi connectivity index (χ0) is 35.7. The Morgan fingerprint density at radius 3 is 0.512 bits per heavy atom. The molecule has 0 spiro atoms. The van der Waals surface area contributed by atoms with Crippen molar-refractivity contribution in [3.8, 4) is 0 Å². The van der Waals surface area contributed by atoms with Crippen LogP contribution in [0, 0.1) is 0 Å². The van der Waals surface area contributed by atoms with E-state index in [0.29, 0.717) is 40.3 Å². The average Bonchev–Trinajstić information content (AvgIpc) is 3.35. The summed E-state index contributed by atoms with van der Waals surface area (Å²) < 4.78 is 0. The minimum atomic E-state index is -1.92. The van der Waals surface area contributed by atoms with Gasteiger partial charge >= 0.3 is 0 Å². The Labute approximate surface area is 281 Å². The Bertz CT molecular complexity index is 942. The molecule has 1 heterocycles. The predicted octanol–water partition coefficient (Wildman–Crippen LogP) is 13.7. The lowest BCUT2D eigenvalue weighted by atomic mass is 10.2. The van der Waals surface area contributed by atoms with Gasteiger partial charge in [0, 0.05) is 0 Å². The van der Waals surface area contributed by atoms with E-state index in [1.807, 2.05) is 0 Å². The number of rotatable bonds is 4. The Balaban J connectivity index is 5.28. The van der Waals surface area contributed by atoms with Crippen LogP contribution >= 0.6 is 0 Å². The molecular formula is C36H84Si7. The molecule has 0 aromatic carbocycles. The van der Waals surface area contributed by atoms with Crippen LogP contribution in [0.2, 0.25) is 66.5 Å². The molecular weight excluding hydrogens is 629 g/mol. The van der Waals surface area contributed by atoms with E-state index in [4.69, 9.17) is 0 Å². The second kappa shape index (κ2) is 10.8. The summed E-state index contributed by atoms with van der Waals surface area (Å²) in [5.41, 5.74) is 0. The molecule has 0 saturated heterocycles. The molecule has 1 rings (SSSR count). The van der Waals surface area contributed by atoms with Crippen molar-refractivity contribution in [2.75, 3.05) is 0 Å². The minimum absolute atomic E-state index is 0.403. The Hall–Kier alpha value is 1.52. The summed E-state index contributed by atoms with van der Waals surface area (Å²) in [5.74, 6) is 0. The van der Waals surface area contributed by atoms with Crippen molar-refractivity contribution in [3.05, 3.63) is 0 Å². The topological polar surface area (TPSA) is 0 Å². The molecule has 0 bridgehead atoms. The van der Waals surface area contributed by atoms with Crippen molar-refractivity contribution in [3.63, 3.8) is 0 Å².